The molecule has 0 bridgehead atoms. The van der Waals surface area contributed by atoms with E-state index in [9.17, 15) is 9.59 Å². The van der Waals surface area contributed by atoms with Crippen molar-refractivity contribution in [2.45, 2.75) is 19.3 Å². The summed E-state index contributed by atoms with van der Waals surface area (Å²) in [5.74, 6) is -0.255. The van der Waals surface area contributed by atoms with Crippen LogP contribution in [0.4, 0.5) is 0 Å². The van der Waals surface area contributed by atoms with E-state index in [4.69, 9.17) is 17.3 Å². The number of nitrogens with zero attached hydrogens (tertiary/aromatic N) is 1. The number of piperidine rings is 1. The molecule has 0 saturated carbocycles. The lowest BCUT2D eigenvalue weighted by Crippen LogP contribution is -2.42. The Bertz CT molecular complexity index is 465. The molecule has 1 fully saturated rings. The summed E-state index contributed by atoms with van der Waals surface area (Å²) in [6, 6.07) is 7.28. The molecule has 4 nitrogen and oxygen atoms in total. The Morgan fingerprint density at radius 3 is 2.32 bits per heavy atom. The van der Waals surface area contributed by atoms with Crippen molar-refractivity contribution >= 4 is 23.4 Å². The highest BCUT2D eigenvalue weighted by molar-refractivity contribution is 6.30. The number of hydrogen-bond donors (Lipinski definition) is 1. The van der Waals surface area contributed by atoms with Crippen molar-refractivity contribution in [1.29, 1.82) is 0 Å². The zero-order chi connectivity index (χ0) is 13.8. The van der Waals surface area contributed by atoms with Crippen LogP contribution in [0.1, 0.15) is 18.4 Å². The predicted octanol–water partition coefficient (Wildman–Crippen LogP) is 1.61. The van der Waals surface area contributed by atoms with Crippen molar-refractivity contribution in [3.05, 3.63) is 34.9 Å². The van der Waals surface area contributed by atoms with E-state index in [1.165, 1.54) is 0 Å². The number of halogens is 1. The largest absolute Gasteiger partial charge is 0.369 e. The van der Waals surface area contributed by atoms with Gasteiger partial charge in [-0.25, -0.2) is 0 Å². The molecule has 1 saturated heterocycles. The first-order valence-electron chi connectivity index (χ1n) is 6.38. The highest BCUT2D eigenvalue weighted by Crippen LogP contribution is 2.18. The number of carbonyl (C=O) groups is 2. The number of hydrogen-bond acceptors (Lipinski definition) is 2. The molecule has 1 aromatic rings. The second-order valence-corrected chi connectivity index (χ2v) is 5.30. The first-order valence-corrected chi connectivity index (χ1v) is 6.75. The van der Waals surface area contributed by atoms with E-state index in [-0.39, 0.29) is 17.7 Å². The monoisotopic (exact) mass is 280 g/mol. The van der Waals surface area contributed by atoms with Gasteiger partial charge >= 0.3 is 0 Å². The Hall–Kier alpha value is -1.55. The van der Waals surface area contributed by atoms with Crippen molar-refractivity contribution in [3.63, 3.8) is 0 Å². The Balaban J connectivity index is 1.88. The maximum atomic E-state index is 12.1. The van der Waals surface area contributed by atoms with Gasteiger partial charge in [-0.05, 0) is 30.5 Å². The van der Waals surface area contributed by atoms with Gasteiger partial charge in [0.2, 0.25) is 11.8 Å². The topological polar surface area (TPSA) is 63.4 Å². The van der Waals surface area contributed by atoms with Crippen LogP contribution < -0.4 is 5.73 Å². The molecule has 0 aliphatic carbocycles. The molecule has 0 spiro atoms. The maximum absolute atomic E-state index is 12.1. The average molecular weight is 281 g/mol. The normalized spacial score (nSPS) is 16.4. The predicted molar refractivity (Wildman–Crippen MR) is 73.7 cm³/mol. The molecule has 1 aromatic carbocycles. The lowest BCUT2D eigenvalue weighted by Gasteiger charge is -2.30. The third-order valence-electron chi connectivity index (χ3n) is 3.52. The van der Waals surface area contributed by atoms with Gasteiger partial charge < -0.3 is 10.6 Å². The average Bonchev–Trinajstić information content (AvgIpc) is 2.41. The number of amides is 2. The summed E-state index contributed by atoms with van der Waals surface area (Å²) in [4.78, 5) is 25.0. The lowest BCUT2D eigenvalue weighted by molar-refractivity contribution is -0.134. The summed E-state index contributed by atoms with van der Waals surface area (Å²) in [5, 5.41) is 0.665. The molecule has 1 aliphatic rings. The van der Waals surface area contributed by atoms with Gasteiger partial charge in [-0.1, -0.05) is 23.7 Å². The minimum absolute atomic E-state index is 0.0837. The van der Waals surface area contributed by atoms with Crippen LogP contribution in [0.2, 0.25) is 5.02 Å². The van der Waals surface area contributed by atoms with Crippen molar-refractivity contribution in [3.8, 4) is 0 Å². The van der Waals surface area contributed by atoms with Gasteiger partial charge in [0.1, 0.15) is 0 Å². The molecule has 19 heavy (non-hydrogen) atoms. The molecule has 0 radical (unpaired) electrons. The summed E-state index contributed by atoms with van der Waals surface area (Å²) < 4.78 is 0. The molecule has 102 valence electrons. The minimum Gasteiger partial charge on any atom is -0.369 e. The van der Waals surface area contributed by atoms with Crippen LogP contribution in [0.15, 0.2) is 24.3 Å². The number of carbonyl (C=O) groups excluding carboxylic acids is 2. The lowest BCUT2D eigenvalue weighted by atomic mass is 9.96. The SMILES string of the molecule is NC(=O)C1CCN(C(=O)Cc2ccc(Cl)cc2)CC1. The highest BCUT2D eigenvalue weighted by atomic mass is 35.5. The van der Waals surface area contributed by atoms with Gasteiger partial charge in [-0.3, -0.25) is 9.59 Å². The van der Waals surface area contributed by atoms with Crippen molar-refractivity contribution < 1.29 is 9.59 Å². The van der Waals surface area contributed by atoms with E-state index in [0.717, 1.165) is 5.56 Å². The molecule has 5 heteroatoms. The Morgan fingerprint density at radius 1 is 1.21 bits per heavy atom. The third kappa shape index (κ3) is 3.70. The Kier molecular flexibility index (Phi) is 4.43. The molecular weight excluding hydrogens is 264 g/mol. The standard InChI is InChI=1S/C14H17ClN2O2/c15-12-3-1-10(2-4-12)9-13(18)17-7-5-11(6-8-17)14(16)19/h1-4,11H,5-9H2,(H2,16,19). The van der Waals surface area contributed by atoms with Crippen LogP contribution in [0.25, 0.3) is 0 Å². The van der Waals surface area contributed by atoms with E-state index in [2.05, 4.69) is 0 Å². The van der Waals surface area contributed by atoms with Gasteiger partial charge in [0.25, 0.3) is 0 Å². The Morgan fingerprint density at radius 2 is 1.79 bits per heavy atom. The molecule has 0 unspecified atom stereocenters. The second-order valence-electron chi connectivity index (χ2n) is 4.86. The number of benzene rings is 1. The van der Waals surface area contributed by atoms with Crippen LogP contribution in [0.3, 0.4) is 0 Å². The second kappa shape index (κ2) is 6.06. The number of nitrogens with two attached hydrogens (primary N) is 1. The first kappa shape index (κ1) is 13.9. The highest BCUT2D eigenvalue weighted by Gasteiger charge is 2.25. The Labute approximate surface area is 117 Å². The van der Waals surface area contributed by atoms with E-state index >= 15 is 0 Å². The molecule has 0 atom stereocenters. The number of likely N-dealkylation sites (tertiary alicyclic amines) is 1. The van der Waals surface area contributed by atoms with Crippen molar-refractivity contribution in [2.24, 2.45) is 11.7 Å². The zero-order valence-electron chi connectivity index (χ0n) is 10.6. The summed E-state index contributed by atoms with van der Waals surface area (Å²) in [5.41, 5.74) is 6.22. The minimum atomic E-state index is -0.259. The fourth-order valence-corrected chi connectivity index (χ4v) is 2.43. The van der Waals surface area contributed by atoms with E-state index in [1.54, 1.807) is 17.0 Å². The third-order valence-corrected chi connectivity index (χ3v) is 3.77. The van der Waals surface area contributed by atoms with Crippen LogP contribution in [0.5, 0.6) is 0 Å². The summed E-state index contributed by atoms with van der Waals surface area (Å²) in [6.45, 7) is 1.22. The van der Waals surface area contributed by atoms with E-state index in [0.29, 0.717) is 37.4 Å². The smallest absolute Gasteiger partial charge is 0.226 e. The zero-order valence-corrected chi connectivity index (χ0v) is 11.4. The van der Waals surface area contributed by atoms with Crippen LogP contribution in [-0.4, -0.2) is 29.8 Å². The molecule has 1 heterocycles. The van der Waals surface area contributed by atoms with Crippen molar-refractivity contribution in [2.75, 3.05) is 13.1 Å². The van der Waals surface area contributed by atoms with Gasteiger partial charge in [0.15, 0.2) is 0 Å². The fraction of sp³-hybridized carbons (Fsp3) is 0.429. The maximum Gasteiger partial charge on any atom is 0.226 e. The number of rotatable bonds is 3. The number of primary amides is 1. The molecule has 0 aromatic heterocycles. The molecule has 2 rings (SSSR count). The van der Waals surface area contributed by atoms with Crippen LogP contribution >= 0.6 is 11.6 Å². The summed E-state index contributed by atoms with van der Waals surface area (Å²) in [6.07, 6.45) is 1.71. The van der Waals surface area contributed by atoms with Gasteiger partial charge in [-0.15, -0.1) is 0 Å². The van der Waals surface area contributed by atoms with Crippen LogP contribution in [0, 0.1) is 5.92 Å². The van der Waals surface area contributed by atoms with Gasteiger partial charge in [0, 0.05) is 24.0 Å². The van der Waals surface area contributed by atoms with E-state index < -0.39 is 0 Å². The molecule has 2 N–H and O–H groups in total. The van der Waals surface area contributed by atoms with E-state index in [1.807, 2.05) is 12.1 Å². The summed E-state index contributed by atoms with van der Waals surface area (Å²) >= 11 is 5.80. The van der Waals surface area contributed by atoms with Gasteiger partial charge in [-0.2, -0.15) is 0 Å². The molecular formula is C14H17ClN2O2. The quantitative estimate of drug-likeness (QED) is 0.914. The summed E-state index contributed by atoms with van der Waals surface area (Å²) in [7, 11) is 0. The first-order chi connectivity index (χ1) is 9.06. The van der Waals surface area contributed by atoms with Gasteiger partial charge in [0.05, 0.1) is 6.42 Å². The molecule has 2 amide bonds. The fourth-order valence-electron chi connectivity index (χ4n) is 2.30. The van der Waals surface area contributed by atoms with Crippen LogP contribution in [-0.2, 0) is 16.0 Å². The van der Waals surface area contributed by atoms with Crippen molar-refractivity contribution in [1.82, 2.24) is 4.90 Å². The molecule has 1 aliphatic heterocycles.